The van der Waals surface area contributed by atoms with E-state index in [2.05, 4.69) is 10.4 Å². The Balaban J connectivity index is 2.04. The standard InChI is InChI=1S/C15H15ClF3N3O/c1-8-2-4-9(5-3-8)10-6-12(15(17,18)19)22-14(20-10)13(16)11(7-23)21-22/h2-5,10,12,20,23H,6-7H2,1H3/t10-,12+/m0/s1. The van der Waals surface area contributed by atoms with E-state index in [0.29, 0.717) is 0 Å². The number of rotatable bonds is 2. The molecule has 1 aliphatic rings. The SMILES string of the molecule is Cc1ccc([C@@H]2C[C@H](C(F)(F)F)n3nc(CO)c(Cl)c3N2)cc1. The summed E-state index contributed by atoms with van der Waals surface area (Å²) in [4.78, 5) is 0. The van der Waals surface area contributed by atoms with Crippen molar-refractivity contribution in [2.24, 2.45) is 0 Å². The fourth-order valence-electron chi connectivity index (χ4n) is 2.75. The van der Waals surface area contributed by atoms with Gasteiger partial charge in [-0.2, -0.15) is 18.3 Å². The van der Waals surface area contributed by atoms with E-state index in [0.717, 1.165) is 15.8 Å². The van der Waals surface area contributed by atoms with Crippen LogP contribution < -0.4 is 5.32 Å². The maximum absolute atomic E-state index is 13.4. The molecule has 23 heavy (non-hydrogen) atoms. The number of aromatic nitrogens is 2. The molecule has 3 rings (SSSR count). The number of benzene rings is 1. The second-order valence-corrected chi connectivity index (χ2v) is 5.99. The third-order valence-corrected chi connectivity index (χ3v) is 4.39. The van der Waals surface area contributed by atoms with Crippen molar-refractivity contribution in [3.8, 4) is 0 Å². The molecule has 0 saturated heterocycles. The molecule has 0 bridgehead atoms. The summed E-state index contributed by atoms with van der Waals surface area (Å²) < 4.78 is 41.1. The molecule has 1 aromatic carbocycles. The van der Waals surface area contributed by atoms with Crippen molar-refractivity contribution < 1.29 is 18.3 Å². The number of hydrogen-bond donors (Lipinski definition) is 2. The first-order valence-electron chi connectivity index (χ1n) is 7.09. The lowest BCUT2D eigenvalue weighted by atomic mass is 9.96. The summed E-state index contributed by atoms with van der Waals surface area (Å²) >= 11 is 6.06. The highest BCUT2D eigenvalue weighted by Gasteiger charge is 2.47. The number of aliphatic hydroxyl groups is 1. The quantitative estimate of drug-likeness (QED) is 0.865. The van der Waals surface area contributed by atoms with Gasteiger partial charge in [0, 0.05) is 6.42 Å². The summed E-state index contributed by atoms with van der Waals surface area (Å²) in [7, 11) is 0. The lowest BCUT2D eigenvalue weighted by Gasteiger charge is -2.33. The molecule has 0 fully saturated rings. The van der Waals surface area contributed by atoms with Crippen LogP contribution >= 0.6 is 11.6 Å². The largest absolute Gasteiger partial charge is 0.410 e. The number of nitrogens with one attached hydrogen (secondary N) is 1. The Labute approximate surface area is 135 Å². The molecule has 0 radical (unpaired) electrons. The van der Waals surface area contributed by atoms with Gasteiger partial charge in [0.05, 0.1) is 12.6 Å². The third kappa shape index (κ3) is 2.90. The van der Waals surface area contributed by atoms with Crippen molar-refractivity contribution in [3.63, 3.8) is 0 Å². The van der Waals surface area contributed by atoms with Crippen LogP contribution in [0.2, 0.25) is 5.02 Å². The van der Waals surface area contributed by atoms with Gasteiger partial charge in [-0.3, -0.25) is 0 Å². The zero-order valence-electron chi connectivity index (χ0n) is 12.2. The molecular formula is C15H15ClF3N3O. The zero-order valence-corrected chi connectivity index (χ0v) is 13.0. The number of fused-ring (bicyclic) bond motifs is 1. The number of hydrogen-bond acceptors (Lipinski definition) is 3. The molecule has 0 aliphatic carbocycles. The minimum atomic E-state index is -4.46. The highest BCUT2D eigenvalue weighted by molar-refractivity contribution is 6.33. The Morgan fingerprint density at radius 3 is 2.57 bits per heavy atom. The van der Waals surface area contributed by atoms with Gasteiger partial charge in [0.2, 0.25) is 0 Å². The number of nitrogens with zero attached hydrogens (tertiary/aromatic N) is 2. The van der Waals surface area contributed by atoms with E-state index in [9.17, 15) is 18.3 Å². The van der Waals surface area contributed by atoms with Crippen molar-refractivity contribution >= 4 is 17.4 Å². The molecule has 2 heterocycles. The van der Waals surface area contributed by atoms with Crippen LogP contribution in [-0.4, -0.2) is 21.1 Å². The first-order chi connectivity index (χ1) is 10.8. The minimum absolute atomic E-state index is 0.0264. The van der Waals surface area contributed by atoms with E-state index in [1.54, 1.807) is 12.1 Å². The van der Waals surface area contributed by atoms with E-state index in [4.69, 9.17) is 11.6 Å². The van der Waals surface area contributed by atoms with Gasteiger partial charge in [-0.15, -0.1) is 0 Å². The smallest absolute Gasteiger partial charge is 0.390 e. The molecule has 1 aliphatic heterocycles. The van der Waals surface area contributed by atoms with E-state index in [-0.39, 0.29) is 23.0 Å². The van der Waals surface area contributed by atoms with Gasteiger partial charge >= 0.3 is 6.18 Å². The van der Waals surface area contributed by atoms with Gasteiger partial charge in [-0.25, -0.2) is 4.68 Å². The number of anilines is 1. The Morgan fingerprint density at radius 1 is 1.35 bits per heavy atom. The highest BCUT2D eigenvalue weighted by Crippen LogP contribution is 2.46. The van der Waals surface area contributed by atoms with Gasteiger partial charge in [0.25, 0.3) is 0 Å². The third-order valence-electron chi connectivity index (χ3n) is 3.99. The molecule has 0 saturated carbocycles. The van der Waals surface area contributed by atoms with Crippen LogP contribution in [0.1, 0.15) is 35.3 Å². The van der Waals surface area contributed by atoms with E-state index in [1.807, 2.05) is 19.1 Å². The van der Waals surface area contributed by atoms with Gasteiger partial charge in [-0.1, -0.05) is 41.4 Å². The van der Waals surface area contributed by atoms with Crippen LogP contribution in [0.3, 0.4) is 0 Å². The monoisotopic (exact) mass is 345 g/mol. The van der Waals surface area contributed by atoms with Gasteiger partial charge in [0.15, 0.2) is 6.04 Å². The first kappa shape index (κ1) is 16.1. The summed E-state index contributed by atoms with van der Waals surface area (Å²) in [6, 6.07) is 4.98. The van der Waals surface area contributed by atoms with Crippen molar-refractivity contribution in [1.82, 2.24) is 9.78 Å². The van der Waals surface area contributed by atoms with Crippen LogP contribution in [0.5, 0.6) is 0 Å². The molecule has 0 spiro atoms. The fraction of sp³-hybridized carbons (Fsp3) is 0.400. The summed E-state index contributed by atoms with van der Waals surface area (Å²) in [6.07, 6.45) is -4.65. The lowest BCUT2D eigenvalue weighted by Crippen LogP contribution is -2.35. The van der Waals surface area contributed by atoms with Gasteiger partial charge in [-0.05, 0) is 12.5 Å². The maximum atomic E-state index is 13.4. The van der Waals surface area contributed by atoms with E-state index < -0.39 is 24.9 Å². The molecule has 124 valence electrons. The zero-order chi connectivity index (χ0) is 16.8. The van der Waals surface area contributed by atoms with Crippen LogP contribution in [0.4, 0.5) is 19.0 Å². The van der Waals surface area contributed by atoms with Crippen molar-refractivity contribution in [1.29, 1.82) is 0 Å². The normalized spacial score (nSPS) is 21.0. The predicted molar refractivity (Wildman–Crippen MR) is 80.4 cm³/mol. The Hall–Kier alpha value is -1.73. The van der Waals surface area contributed by atoms with Crippen molar-refractivity contribution in [2.45, 2.75) is 38.2 Å². The molecule has 2 aromatic rings. The molecule has 2 atom stereocenters. The highest BCUT2D eigenvalue weighted by atomic mass is 35.5. The van der Waals surface area contributed by atoms with Crippen molar-refractivity contribution in [2.75, 3.05) is 5.32 Å². The second-order valence-electron chi connectivity index (χ2n) is 5.61. The second kappa shape index (κ2) is 5.72. The summed E-state index contributed by atoms with van der Waals surface area (Å²) in [6.45, 7) is 1.40. The van der Waals surface area contributed by atoms with Gasteiger partial charge < -0.3 is 10.4 Å². The molecule has 4 nitrogen and oxygen atoms in total. The van der Waals surface area contributed by atoms with Gasteiger partial charge in [0.1, 0.15) is 16.5 Å². The number of halogens is 4. The van der Waals surface area contributed by atoms with Crippen LogP contribution in [-0.2, 0) is 6.61 Å². The Bertz CT molecular complexity index is 712. The summed E-state index contributed by atoms with van der Waals surface area (Å²) in [5, 5.41) is 16.1. The molecule has 0 unspecified atom stereocenters. The average molecular weight is 346 g/mol. The Kier molecular flexibility index (Phi) is 4.01. The van der Waals surface area contributed by atoms with Crippen LogP contribution in [0, 0.1) is 6.92 Å². The van der Waals surface area contributed by atoms with Crippen LogP contribution in [0.25, 0.3) is 0 Å². The fourth-order valence-corrected chi connectivity index (χ4v) is 2.99. The number of aliphatic hydroxyl groups excluding tert-OH is 1. The first-order valence-corrected chi connectivity index (χ1v) is 7.46. The molecule has 1 aromatic heterocycles. The summed E-state index contributed by atoms with van der Waals surface area (Å²) in [5.41, 5.74) is 1.81. The van der Waals surface area contributed by atoms with Crippen molar-refractivity contribution in [3.05, 3.63) is 46.1 Å². The predicted octanol–water partition coefficient (Wildman–Crippen LogP) is 4.00. The Morgan fingerprint density at radius 2 is 2.00 bits per heavy atom. The number of alkyl halides is 3. The maximum Gasteiger partial charge on any atom is 0.410 e. The average Bonchev–Trinajstić information content (AvgIpc) is 2.82. The summed E-state index contributed by atoms with van der Waals surface area (Å²) in [5.74, 6) is 0.0925. The topological polar surface area (TPSA) is 50.1 Å². The molecule has 0 amide bonds. The minimum Gasteiger partial charge on any atom is -0.390 e. The number of aryl methyl sites for hydroxylation is 1. The lowest BCUT2D eigenvalue weighted by molar-refractivity contribution is -0.173. The van der Waals surface area contributed by atoms with Crippen LogP contribution in [0.15, 0.2) is 24.3 Å². The van der Waals surface area contributed by atoms with E-state index >= 15 is 0 Å². The molecule has 8 heteroatoms. The molecular weight excluding hydrogens is 331 g/mol. The van der Waals surface area contributed by atoms with E-state index in [1.165, 1.54) is 0 Å². The molecule has 2 N–H and O–H groups in total.